The van der Waals surface area contributed by atoms with Gasteiger partial charge in [-0.15, -0.1) is 0 Å². The van der Waals surface area contributed by atoms with Crippen molar-refractivity contribution in [3.05, 3.63) is 53.8 Å². The molecule has 0 radical (unpaired) electrons. The van der Waals surface area contributed by atoms with Crippen molar-refractivity contribution < 1.29 is 33.0 Å². The average Bonchev–Trinajstić information content (AvgIpc) is 2.78. The lowest BCUT2D eigenvalue weighted by molar-refractivity contribution is -0.134. The fourth-order valence-electron chi connectivity index (χ4n) is 2.67. The van der Waals surface area contributed by atoms with Crippen LogP contribution in [0.25, 0.3) is 0 Å². The molecule has 0 fully saturated rings. The third-order valence-corrected chi connectivity index (χ3v) is 4.33. The maximum absolute atomic E-state index is 12.9. The van der Waals surface area contributed by atoms with Crippen molar-refractivity contribution in [3.8, 4) is 11.5 Å². The smallest absolute Gasteiger partial charge is 0.338 e. The summed E-state index contributed by atoms with van der Waals surface area (Å²) in [6.07, 6.45) is 0. The number of carbonyl (C=O) groups is 3. The highest BCUT2D eigenvalue weighted by Gasteiger charge is 2.16. The van der Waals surface area contributed by atoms with Crippen LogP contribution in [0.1, 0.15) is 24.2 Å². The van der Waals surface area contributed by atoms with Crippen LogP contribution in [0.2, 0.25) is 0 Å². The first kappa shape index (κ1) is 23.7. The zero-order valence-electron chi connectivity index (χ0n) is 17.6. The van der Waals surface area contributed by atoms with Gasteiger partial charge in [-0.2, -0.15) is 0 Å². The van der Waals surface area contributed by atoms with E-state index >= 15 is 0 Å². The highest BCUT2D eigenvalue weighted by molar-refractivity contribution is 5.93. The van der Waals surface area contributed by atoms with Gasteiger partial charge in [0.2, 0.25) is 0 Å². The molecule has 2 aromatic rings. The van der Waals surface area contributed by atoms with Gasteiger partial charge in [0.25, 0.3) is 11.8 Å². The molecule has 2 amide bonds. The Hall–Kier alpha value is -3.62. The Morgan fingerprint density at radius 2 is 1.65 bits per heavy atom. The van der Waals surface area contributed by atoms with Crippen LogP contribution in [0.15, 0.2) is 42.5 Å². The molecule has 0 aliphatic heterocycles. The van der Waals surface area contributed by atoms with Gasteiger partial charge >= 0.3 is 5.97 Å². The summed E-state index contributed by atoms with van der Waals surface area (Å²) >= 11 is 0. The van der Waals surface area contributed by atoms with E-state index in [9.17, 15) is 18.8 Å². The Morgan fingerprint density at radius 3 is 2.26 bits per heavy atom. The molecule has 2 rings (SSSR count). The molecule has 166 valence electrons. The van der Waals surface area contributed by atoms with E-state index in [1.165, 1.54) is 49.6 Å². The maximum atomic E-state index is 12.9. The van der Waals surface area contributed by atoms with E-state index < -0.39 is 17.7 Å². The Bertz CT molecular complexity index is 913. The van der Waals surface area contributed by atoms with E-state index in [0.29, 0.717) is 18.8 Å². The number of hydrogen-bond acceptors (Lipinski definition) is 6. The van der Waals surface area contributed by atoms with Gasteiger partial charge in [-0.3, -0.25) is 9.59 Å². The molecule has 2 aromatic carbocycles. The Morgan fingerprint density at radius 1 is 0.968 bits per heavy atom. The highest BCUT2D eigenvalue weighted by Crippen LogP contribution is 2.28. The van der Waals surface area contributed by atoms with Gasteiger partial charge in [0.05, 0.1) is 12.7 Å². The summed E-state index contributed by atoms with van der Waals surface area (Å²) in [7, 11) is 1.39. The Kier molecular flexibility index (Phi) is 8.80. The van der Waals surface area contributed by atoms with Crippen LogP contribution in [0.5, 0.6) is 11.5 Å². The van der Waals surface area contributed by atoms with Gasteiger partial charge < -0.3 is 24.4 Å². The zero-order chi connectivity index (χ0) is 22.8. The Balaban J connectivity index is 1.94. The van der Waals surface area contributed by atoms with Crippen LogP contribution < -0.4 is 14.8 Å². The van der Waals surface area contributed by atoms with E-state index in [4.69, 9.17) is 14.2 Å². The molecule has 0 unspecified atom stereocenters. The van der Waals surface area contributed by atoms with E-state index in [0.717, 1.165) is 0 Å². The lowest BCUT2D eigenvalue weighted by atomic mass is 10.2. The number of esters is 1. The van der Waals surface area contributed by atoms with Gasteiger partial charge in [0.1, 0.15) is 5.82 Å². The third-order valence-electron chi connectivity index (χ3n) is 4.33. The predicted molar refractivity (Wildman–Crippen MR) is 112 cm³/mol. The molecular weight excluding hydrogens is 407 g/mol. The summed E-state index contributed by atoms with van der Waals surface area (Å²) in [4.78, 5) is 37.8. The molecule has 0 aromatic heterocycles. The van der Waals surface area contributed by atoms with Gasteiger partial charge in [-0.05, 0) is 56.3 Å². The first-order valence-electron chi connectivity index (χ1n) is 9.69. The topological polar surface area (TPSA) is 94.2 Å². The fraction of sp³-hybridized carbons (Fsp3) is 0.318. The Labute approximate surface area is 179 Å². The van der Waals surface area contributed by atoms with Gasteiger partial charge in [0, 0.05) is 18.8 Å². The van der Waals surface area contributed by atoms with Gasteiger partial charge in [-0.25, -0.2) is 9.18 Å². The summed E-state index contributed by atoms with van der Waals surface area (Å²) in [5, 5.41) is 2.57. The molecule has 0 aliphatic rings. The van der Waals surface area contributed by atoms with E-state index in [2.05, 4.69) is 5.32 Å². The van der Waals surface area contributed by atoms with Crippen LogP contribution >= 0.6 is 0 Å². The number of anilines is 1. The van der Waals surface area contributed by atoms with Crippen LogP contribution in [0.3, 0.4) is 0 Å². The molecule has 9 heteroatoms. The SMILES string of the molecule is CCN(CC)C(=O)COC(=O)c1ccc(OCC(=O)Nc2ccc(F)cc2)c(OC)c1. The van der Waals surface area contributed by atoms with Gasteiger partial charge in [0.15, 0.2) is 24.7 Å². The van der Waals surface area contributed by atoms with E-state index in [1.807, 2.05) is 13.8 Å². The van der Waals surface area contributed by atoms with Crippen molar-refractivity contribution in [1.82, 2.24) is 4.90 Å². The molecule has 0 atom stereocenters. The average molecular weight is 432 g/mol. The molecule has 0 spiro atoms. The number of nitrogens with one attached hydrogen (secondary N) is 1. The molecule has 0 heterocycles. The number of carbonyl (C=O) groups excluding carboxylic acids is 3. The number of likely N-dealkylation sites (N-methyl/N-ethyl adjacent to an activating group) is 1. The predicted octanol–water partition coefficient (Wildman–Crippen LogP) is 2.88. The second-order valence-electron chi connectivity index (χ2n) is 6.35. The third kappa shape index (κ3) is 6.98. The second-order valence-corrected chi connectivity index (χ2v) is 6.35. The van der Waals surface area contributed by atoms with Crippen LogP contribution in [-0.4, -0.2) is 56.1 Å². The van der Waals surface area contributed by atoms with E-state index in [-0.39, 0.29) is 36.2 Å². The quantitative estimate of drug-likeness (QED) is 0.581. The molecule has 0 saturated carbocycles. The summed E-state index contributed by atoms with van der Waals surface area (Å²) in [6, 6.07) is 9.63. The molecule has 1 N–H and O–H groups in total. The van der Waals surface area contributed by atoms with Crippen LogP contribution in [0.4, 0.5) is 10.1 Å². The number of amides is 2. The molecule has 0 saturated heterocycles. The minimum Gasteiger partial charge on any atom is -0.493 e. The molecule has 0 aliphatic carbocycles. The standard InChI is InChI=1S/C22H25FN2O6/c1-4-25(5-2)21(27)14-31-22(28)15-6-11-18(19(12-15)29-3)30-13-20(26)24-17-9-7-16(23)8-10-17/h6-12H,4-5,13-14H2,1-3H3,(H,24,26). The summed E-state index contributed by atoms with van der Waals surface area (Å²) in [5.41, 5.74) is 0.603. The zero-order valence-corrected chi connectivity index (χ0v) is 17.6. The summed E-state index contributed by atoms with van der Waals surface area (Å²) in [6.45, 7) is 4.06. The van der Waals surface area contributed by atoms with Gasteiger partial charge in [-0.1, -0.05) is 0 Å². The number of methoxy groups -OCH3 is 1. The first-order chi connectivity index (χ1) is 14.9. The van der Waals surface area contributed by atoms with Crippen molar-refractivity contribution >= 4 is 23.5 Å². The molecule has 31 heavy (non-hydrogen) atoms. The number of nitrogens with zero attached hydrogens (tertiary/aromatic N) is 1. The van der Waals surface area contributed by atoms with Crippen molar-refractivity contribution in [2.45, 2.75) is 13.8 Å². The lowest BCUT2D eigenvalue weighted by Gasteiger charge is -2.18. The molecular formula is C22H25FN2O6. The summed E-state index contributed by atoms with van der Waals surface area (Å²) in [5.74, 6) is -1.36. The van der Waals surface area contributed by atoms with Crippen molar-refractivity contribution in [1.29, 1.82) is 0 Å². The monoisotopic (exact) mass is 432 g/mol. The first-order valence-corrected chi connectivity index (χ1v) is 9.69. The van der Waals surface area contributed by atoms with Crippen molar-refractivity contribution in [2.75, 3.05) is 38.7 Å². The van der Waals surface area contributed by atoms with Crippen molar-refractivity contribution in [2.24, 2.45) is 0 Å². The second kappa shape index (κ2) is 11.5. The minimum absolute atomic E-state index is 0.173. The van der Waals surface area contributed by atoms with Crippen LogP contribution in [0, 0.1) is 5.82 Å². The fourth-order valence-corrected chi connectivity index (χ4v) is 2.67. The summed E-state index contributed by atoms with van der Waals surface area (Å²) < 4.78 is 28.7. The lowest BCUT2D eigenvalue weighted by Crippen LogP contribution is -2.34. The van der Waals surface area contributed by atoms with Crippen LogP contribution in [-0.2, 0) is 14.3 Å². The minimum atomic E-state index is -0.681. The maximum Gasteiger partial charge on any atom is 0.338 e. The number of halogens is 1. The van der Waals surface area contributed by atoms with E-state index in [1.54, 1.807) is 4.90 Å². The number of rotatable bonds is 10. The normalized spacial score (nSPS) is 10.2. The number of benzene rings is 2. The van der Waals surface area contributed by atoms with Crippen molar-refractivity contribution in [3.63, 3.8) is 0 Å². The number of ether oxygens (including phenoxy) is 3. The molecule has 0 bridgehead atoms. The molecule has 8 nitrogen and oxygen atoms in total. The highest BCUT2D eigenvalue weighted by atomic mass is 19.1. The number of hydrogen-bond donors (Lipinski definition) is 1. The largest absolute Gasteiger partial charge is 0.493 e.